The lowest BCUT2D eigenvalue weighted by Crippen LogP contribution is -2.20. The van der Waals surface area contributed by atoms with Gasteiger partial charge in [0.1, 0.15) is 12.2 Å². The van der Waals surface area contributed by atoms with Crippen molar-refractivity contribution in [3.63, 3.8) is 0 Å². The predicted octanol–water partition coefficient (Wildman–Crippen LogP) is 2.25. The quantitative estimate of drug-likeness (QED) is 0.857. The van der Waals surface area contributed by atoms with Crippen LogP contribution >= 0.6 is 0 Å². The van der Waals surface area contributed by atoms with Crippen molar-refractivity contribution in [2.45, 2.75) is 25.8 Å². The first-order valence-electron chi connectivity index (χ1n) is 6.10. The molecular formula is C13H16N4. The zero-order valence-electron chi connectivity index (χ0n) is 9.93. The van der Waals surface area contributed by atoms with Gasteiger partial charge in [0.25, 0.3) is 0 Å². The monoisotopic (exact) mass is 228 g/mol. The predicted molar refractivity (Wildman–Crippen MR) is 67.1 cm³/mol. The molecule has 1 aliphatic rings. The van der Waals surface area contributed by atoms with Crippen molar-refractivity contribution in [2.75, 3.05) is 11.9 Å². The Balaban J connectivity index is 2.06. The van der Waals surface area contributed by atoms with Gasteiger partial charge in [-0.05, 0) is 25.0 Å². The molecule has 2 heterocycles. The Labute approximate surface area is 101 Å². The fourth-order valence-corrected chi connectivity index (χ4v) is 2.52. The van der Waals surface area contributed by atoms with Gasteiger partial charge in [0, 0.05) is 24.7 Å². The Kier molecular flexibility index (Phi) is 2.55. The lowest BCUT2D eigenvalue weighted by molar-refractivity contribution is 0.567. The zero-order chi connectivity index (χ0) is 11.7. The summed E-state index contributed by atoms with van der Waals surface area (Å²) in [5.41, 5.74) is 2.57. The van der Waals surface area contributed by atoms with Crippen LogP contribution in [0.4, 0.5) is 5.69 Å². The normalized spacial score (nSPS) is 18.5. The number of nitrogens with zero attached hydrogens (tertiary/aromatic N) is 3. The molecule has 1 aromatic heterocycles. The van der Waals surface area contributed by atoms with Gasteiger partial charge in [0.15, 0.2) is 0 Å². The number of hydrogen-bond donors (Lipinski definition) is 1. The van der Waals surface area contributed by atoms with E-state index < -0.39 is 0 Å². The molecule has 0 bridgehead atoms. The molecule has 1 aromatic carbocycles. The average molecular weight is 228 g/mol. The Morgan fingerprint density at radius 1 is 1.41 bits per heavy atom. The zero-order valence-corrected chi connectivity index (χ0v) is 9.93. The summed E-state index contributed by atoms with van der Waals surface area (Å²) in [6, 6.07) is 8.47. The number of hydrogen-bond acceptors (Lipinski definition) is 3. The van der Waals surface area contributed by atoms with Crippen molar-refractivity contribution < 1.29 is 0 Å². The van der Waals surface area contributed by atoms with Crippen LogP contribution in [0.1, 0.15) is 30.7 Å². The molecule has 1 atom stereocenters. The van der Waals surface area contributed by atoms with Crippen LogP contribution in [0.15, 0.2) is 30.6 Å². The van der Waals surface area contributed by atoms with Crippen LogP contribution in [-0.4, -0.2) is 21.3 Å². The Morgan fingerprint density at radius 3 is 3.18 bits per heavy atom. The molecule has 88 valence electrons. The van der Waals surface area contributed by atoms with Crippen molar-refractivity contribution in [1.82, 2.24) is 14.8 Å². The highest BCUT2D eigenvalue weighted by Crippen LogP contribution is 2.35. The number of aromatic nitrogens is 3. The summed E-state index contributed by atoms with van der Waals surface area (Å²) in [5.74, 6) is 1.45. The third-order valence-electron chi connectivity index (χ3n) is 3.34. The molecule has 1 N–H and O–H groups in total. The van der Waals surface area contributed by atoms with Crippen LogP contribution in [0.3, 0.4) is 0 Å². The molecule has 1 aliphatic heterocycles. The van der Waals surface area contributed by atoms with Gasteiger partial charge in [0.05, 0.1) is 0 Å². The minimum absolute atomic E-state index is 0.370. The highest BCUT2D eigenvalue weighted by molar-refractivity contribution is 5.56. The minimum Gasteiger partial charge on any atom is -0.385 e. The molecule has 0 saturated carbocycles. The van der Waals surface area contributed by atoms with Crippen LogP contribution in [0, 0.1) is 0 Å². The molecule has 0 spiro atoms. The molecule has 0 fully saturated rings. The van der Waals surface area contributed by atoms with Crippen LogP contribution in [0.5, 0.6) is 0 Å². The number of rotatable bonds is 2. The maximum Gasteiger partial charge on any atom is 0.138 e. The van der Waals surface area contributed by atoms with Crippen molar-refractivity contribution in [2.24, 2.45) is 0 Å². The number of fused-ring (bicyclic) bond motifs is 1. The maximum absolute atomic E-state index is 4.43. The lowest BCUT2D eigenvalue weighted by Gasteiger charge is -2.26. The second-order valence-corrected chi connectivity index (χ2v) is 4.29. The summed E-state index contributed by atoms with van der Waals surface area (Å²) in [6.45, 7) is 3.98. The first kappa shape index (κ1) is 10.3. The van der Waals surface area contributed by atoms with Crippen molar-refractivity contribution in [1.29, 1.82) is 0 Å². The van der Waals surface area contributed by atoms with Gasteiger partial charge in [-0.25, -0.2) is 9.67 Å². The molecule has 1 unspecified atom stereocenters. The summed E-state index contributed by atoms with van der Waals surface area (Å²) in [4.78, 5) is 4.43. The van der Waals surface area contributed by atoms with E-state index in [1.807, 2.05) is 4.68 Å². The molecule has 17 heavy (non-hydrogen) atoms. The summed E-state index contributed by atoms with van der Waals surface area (Å²) in [6.07, 6.45) is 2.74. The summed E-state index contributed by atoms with van der Waals surface area (Å²) in [5, 5.41) is 7.70. The van der Waals surface area contributed by atoms with E-state index in [2.05, 4.69) is 46.6 Å². The first-order valence-corrected chi connectivity index (χ1v) is 6.10. The van der Waals surface area contributed by atoms with Gasteiger partial charge in [-0.1, -0.05) is 18.2 Å². The van der Waals surface area contributed by atoms with E-state index in [9.17, 15) is 0 Å². The molecule has 0 radical (unpaired) electrons. The molecule has 4 nitrogen and oxygen atoms in total. The van der Waals surface area contributed by atoms with Crippen molar-refractivity contribution in [3.05, 3.63) is 42.0 Å². The van der Waals surface area contributed by atoms with Gasteiger partial charge in [-0.15, -0.1) is 0 Å². The van der Waals surface area contributed by atoms with E-state index in [4.69, 9.17) is 0 Å². The first-order chi connectivity index (χ1) is 8.40. The van der Waals surface area contributed by atoms with Crippen LogP contribution in [0.2, 0.25) is 0 Å². The highest BCUT2D eigenvalue weighted by Gasteiger charge is 2.24. The Bertz CT molecular complexity index is 518. The third-order valence-corrected chi connectivity index (χ3v) is 3.34. The minimum atomic E-state index is 0.370. The smallest absolute Gasteiger partial charge is 0.138 e. The SMILES string of the molecule is CCn1ncnc1C1CCNc2ccccc21. The fourth-order valence-electron chi connectivity index (χ4n) is 2.52. The van der Waals surface area contributed by atoms with Crippen LogP contribution < -0.4 is 5.32 Å². The van der Waals surface area contributed by atoms with Crippen molar-refractivity contribution >= 4 is 5.69 Å². The fraction of sp³-hybridized carbons (Fsp3) is 0.385. The van der Waals surface area contributed by atoms with Gasteiger partial charge < -0.3 is 5.32 Å². The molecule has 0 aliphatic carbocycles. The Hall–Kier alpha value is -1.84. The largest absolute Gasteiger partial charge is 0.385 e. The molecule has 4 heteroatoms. The molecule has 0 amide bonds. The van der Waals surface area contributed by atoms with E-state index in [-0.39, 0.29) is 0 Å². The number of para-hydroxylation sites is 1. The highest BCUT2D eigenvalue weighted by atomic mass is 15.3. The number of nitrogens with one attached hydrogen (secondary N) is 1. The lowest BCUT2D eigenvalue weighted by atomic mass is 9.90. The Morgan fingerprint density at radius 2 is 2.29 bits per heavy atom. The molecular weight excluding hydrogens is 212 g/mol. The van der Waals surface area contributed by atoms with E-state index >= 15 is 0 Å². The summed E-state index contributed by atoms with van der Waals surface area (Å²) in [7, 11) is 0. The standard InChI is InChI=1S/C13H16N4/c1-2-17-13(15-9-16-17)11-7-8-14-12-6-4-3-5-10(11)12/h3-6,9,11,14H,2,7-8H2,1H3. The molecule has 0 saturated heterocycles. The van der Waals surface area contributed by atoms with Crippen molar-refractivity contribution in [3.8, 4) is 0 Å². The second-order valence-electron chi connectivity index (χ2n) is 4.29. The summed E-state index contributed by atoms with van der Waals surface area (Å²) >= 11 is 0. The van der Waals surface area contributed by atoms with Gasteiger partial charge in [0.2, 0.25) is 0 Å². The van der Waals surface area contributed by atoms with Gasteiger partial charge in [-0.2, -0.15) is 5.10 Å². The number of aryl methyl sites for hydroxylation is 1. The molecule has 2 aromatic rings. The van der Waals surface area contributed by atoms with Crippen LogP contribution in [0.25, 0.3) is 0 Å². The molecule has 3 rings (SSSR count). The third kappa shape index (κ3) is 1.69. The van der Waals surface area contributed by atoms with E-state index in [1.54, 1.807) is 6.33 Å². The topological polar surface area (TPSA) is 42.7 Å². The number of anilines is 1. The maximum atomic E-state index is 4.43. The van der Waals surface area contributed by atoms with E-state index in [0.29, 0.717) is 5.92 Å². The van der Waals surface area contributed by atoms with E-state index in [0.717, 1.165) is 25.3 Å². The number of benzene rings is 1. The van der Waals surface area contributed by atoms with Gasteiger partial charge >= 0.3 is 0 Å². The van der Waals surface area contributed by atoms with E-state index in [1.165, 1.54) is 11.3 Å². The van der Waals surface area contributed by atoms with Gasteiger partial charge in [-0.3, -0.25) is 0 Å². The average Bonchev–Trinajstić information content (AvgIpc) is 2.86. The van der Waals surface area contributed by atoms with Crippen LogP contribution in [-0.2, 0) is 6.54 Å². The second kappa shape index (κ2) is 4.20. The summed E-state index contributed by atoms with van der Waals surface area (Å²) < 4.78 is 1.99.